The van der Waals surface area contributed by atoms with Crippen LogP contribution in [0.25, 0.3) is 0 Å². The topological polar surface area (TPSA) is 35.9 Å². The summed E-state index contributed by atoms with van der Waals surface area (Å²) in [4.78, 5) is 4.74. The van der Waals surface area contributed by atoms with Crippen molar-refractivity contribution in [2.24, 2.45) is 5.41 Å². The Morgan fingerprint density at radius 3 is 2.26 bits per heavy atom. The average Bonchev–Trinajstić information content (AvgIpc) is 2.55. The van der Waals surface area contributed by atoms with Crippen LogP contribution in [0.1, 0.15) is 34.1 Å². The SMILES string of the molecule is CC1CN(CC(O)CN2CCC(C)(C)C2)CC(C)O1. The lowest BCUT2D eigenvalue weighted by molar-refractivity contribution is -0.0777. The van der Waals surface area contributed by atoms with Crippen LogP contribution in [0.3, 0.4) is 0 Å². The number of morpholine rings is 1. The minimum absolute atomic E-state index is 0.244. The molecule has 0 radical (unpaired) electrons. The Labute approximate surface area is 117 Å². The van der Waals surface area contributed by atoms with Crippen LogP contribution in [0.4, 0.5) is 0 Å². The van der Waals surface area contributed by atoms with Gasteiger partial charge in [0, 0.05) is 32.7 Å². The van der Waals surface area contributed by atoms with E-state index < -0.39 is 0 Å². The van der Waals surface area contributed by atoms with Crippen LogP contribution in [0, 0.1) is 5.41 Å². The molecule has 0 aromatic heterocycles. The average molecular weight is 270 g/mol. The van der Waals surface area contributed by atoms with Crippen molar-refractivity contribution in [1.82, 2.24) is 9.80 Å². The molecule has 0 bridgehead atoms. The fourth-order valence-electron chi connectivity index (χ4n) is 3.47. The minimum Gasteiger partial charge on any atom is -0.390 e. The van der Waals surface area contributed by atoms with Gasteiger partial charge >= 0.3 is 0 Å². The molecule has 19 heavy (non-hydrogen) atoms. The maximum absolute atomic E-state index is 10.3. The molecule has 0 aliphatic carbocycles. The Morgan fingerprint density at radius 2 is 1.74 bits per heavy atom. The summed E-state index contributed by atoms with van der Waals surface area (Å²) in [5, 5.41) is 10.3. The van der Waals surface area contributed by atoms with E-state index in [0.717, 1.165) is 39.3 Å². The molecular formula is C15H30N2O2. The second-order valence-electron chi connectivity index (χ2n) is 7.28. The van der Waals surface area contributed by atoms with Gasteiger partial charge in [-0.1, -0.05) is 13.8 Å². The van der Waals surface area contributed by atoms with E-state index in [9.17, 15) is 5.11 Å². The molecule has 0 amide bonds. The summed E-state index contributed by atoms with van der Waals surface area (Å²) in [6, 6.07) is 0. The monoisotopic (exact) mass is 270 g/mol. The number of likely N-dealkylation sites (tertiary alicyclic amines) is 1. The Kier molecular flexibility index (Phi) is 4.88. The first kappa shape index (κ1) is 15.2. The molecule has 0 aromatic rings. The maximum Gasteiger partial charge on any atom is 0.0793 e. The van der Waals surface area contributed by atoms with E-state index >= 15 is 0 Å². The van der Waals surface area contributed by atoms with Crippen molar-refractivity contribution >= 4 is 0 Å². The third-order valence-corrected chi connectivity index (χ3v) is 4.19. The molecule has 0 aromatic carbocycles. The highest BCUT2D eigenvalue weighted by Gasteiger charge is 2.31. The number of hydrogen-bond acceptors (Lipinski definition) is 4. The second kappa shape index (κ2) is 6.08. The van der Waals surface area contributed by atoms with Gasteiger partial charge in [0.25, 0.3) is 0 Å². The van der Waals surface area contributed by atoms with Crippen LogP contribution in [-0.4, -0.2) is 72.5 Å². The van der Waals surface area contributed by atoms with E-state index in [-0.39, 0.29) is 18.3 Å². The van der Waals surface area contributed by atoms with Crippen LogP contribution < -0.4 is 0 Å². The number of ether oxygens (including phenoxy) is 1. The fourth-order valence-corrected chi connectivity index (χ4v) is 3.47. The van der Waals surface area contributed by atoms with Gasteiger partial charge in [0.05, 0.1) is 18.3 Å². The molecule has 4 nitrogen and oxygen atoms in total. The van der Waals surface area contributed by atoms with Crippen molar-refractivity contribution in [3.63, 3.8) is 0 Å². The van der Waals surface area contributed by atoms with Gasteiger partial charge < -0.3 is 14.7 Å². The molecule has 1 N–H and O–H groups in total. The number of nitrogens with zero attached hydrogens (tertiary/aromatic N) is 2. The van der Waals surface area contributed by atoms with Crippen molar-refractivity contribution in [2.75, 3.05) is 39.3 Å². The van der Waals surface area contributed by atoms with Gasteiger partial charge in [-0.3, -0.25) is 4.90 Å². The summed E-state index contributed by atoms with van der Waals surface area (Å²) in [5.41, 5.74) is 0.418. The van der Waals surface area contributed by atoms with Gasteiger partial charge in [0.15, 0.2) is 0 Å². The molecule has 112 valence electrons. The number of aliphatic hydroxyl groups excluding tert-OH is 1. The highest BCUT2D eigenvalue weighted by Crippen LogP contribution is 2.28. The summed E-state index contributed by atoms with van der Waals surface area (Å²) in [6.07, 6.45) is 1.56. The fraction of sp³-hybridized carbons (Fsp3) is 1.00. The molecule has 3 unspecified atom stereocenters. The Hall–Kier alpha value is -0.160. The number of aliphatic hydroxyl groups is 1. The summed E-state index contributed by atoms with van der Waals surface area (Å²) in [7, 11) is 0. The van der Waals surface area contributed by atoms with E-state index in [4.69, 9.17) is 4.74 Å². The first-order chi connectivity index (χ1) is 8.84. The minimum atomic E-state index is -0.244. The number of β-amino-alcohol motifs (C(OH)–C–C–N with tert-alkyl or cyclic N) is 1. The highest BCUT2D eigenvalue weighted by atomic mass is 16.5. The Morgan fingerprint density at radius 1 is 1.16 bits per heavy atom. The molecule has 2 saturated heterocycles. The lowest BCUT2D eigenvalue weighted by Gasteiger charge is -2.36. The molecular weight excluding hydrogens is 240 g/mol. The van der Waals surface area contributed by atoms with Crippen LogP contribution in [0.15, 0.2) is 0 Å². The first-order valence-corrected chi connectivity index (χ1v) is 7.62. The zero-order valence-electron chi connectivity index (χ0n) is 12.9. The Balaban J connectivity index is 1.73. The van der Waals surface area contributed by atoms with E-state index in [1.165, 1.54) is 6.42 Å². The van der Waals surface area contributed by atoms with E-state index in [1.54, 1.807) is 0 Å². The van der Waals surface area contributed by atoms with Crippen molar-refractivity contribution in [1.29, 1.82) is 0 Å². The predicted octanol–water partition coefficient (Wildman–Crippen LogP) is 1.19. The van der Waals surface area contributed by atoms with Crippen molar-refractivity contribution in [2.45, 2.75) is 52.4 Å². The zero-order valence-corrected chi connectivity index (χ0v) is 12.9. The summed E-state index contributed by atoms with van der Waals surface area (Å²) in [6.45, 7) is 14.5. The van der Waals surface area contributed by atoms with Gasteiger partial charge in [-0.15, -0.1) is 0 Å². The van der Waals surface area contributed by atoms with Gasteiger partial charge in [-0.25, -0.2) is 0 Å². The van der Waals surface area contributed by atoms with Gasteiger partial charge in [0.2, 0.25) is 0 Å². The second-order valence-corrected chi connectivity index (χ2v) is 7.28. The smallest absolute Gasteiger partial charge is 0.0793 e. The third-order valence-electron chi connectivity index (χ3n) is 4.19. The predicted molar refractivity (Wildman–Crippen MR) is 77.3 cm³/mol. The molecule has 3 atom stereocenters. The lowest BCUT2D eigenvalue weighted by atomic mass is 9.93. The van der Waals surface area contributed by atoms with Crippen LogP contribution >= 0.6 is 0 Å². The number of rotatable bonds is 4. The van der Waals surface area contributed by atoms with Gasteiger partial charge in [0.1, 0.15) is 0 Å². The molecule has 2 fully saturated rings. The standard InChI is InChI=1S/C15H30N2O2/c1-12-7-17(8-13(2)19-12)10-14(18)9-16-6-5-15(3,4)11-16/h12-14,18H,5-11H2,1-4H3. The largest absolute Gasteiger partial charge is 0.390 e. The molecule has 4 heteroatoms. The molecule has 2 aliphatic rings. The van der Waals surface area contributed by atoms with Gasteiger partial charge in [-0.2, -0.15) is 0 Å². The Bertz CT molecular complexity index is 286. The number of hydrogen-bond donors (Lipinski definition) is 1. The van der Waals surface area contributed by atoms with Crippen LogP contribution in [0.5, 0.6) is 0 Å². The first-order valence-electron chi connectivity index (χ1n) is 7.62. The molecule has 2 aliphatic heterocycles. The molecule has 0 saturated carbocycles. The molecule has 2 heterocycles. The van der Waals surface area contributed by atoms with Crippen molar-refractivity contribution in [3.8, 4) is 0 Å². The lowest BCUT2D eigenvalue weighted by Crippen LogP contribution is -2.49. The maximum atomic E-state index is 10.3. The van der Waals surface area contributed by atoms with E-state index in [0.29, 0.717) is 5.41 Å². The van der Waals surface area contributed by atoms with Crippen molar-refractivity contribution < 1.29 is 9.84 Å². The summed E-state index contributed by atoms with van der Waals surface area (Å²) >= 11 is 0. The molecule has 2 rings (SSSR count). The van der Waals surface area contributed by atoms with Crippen LogP contribution in [0.2, 0.25) is 0 Å². The van der Waals surface area contributed by atoms with Gasteiger partial charge in [-0.05, 0) is 32.2 Å². The van der Waals surface area contributed by atoms with Crippen LogP contribution in [-0.2, 0) is 4.74 Å². The summed E-state index contributed by atoms with van der Waals surface area (Å²) in [5.74, 6) is 0. The molecule has 0 spiro atoms. The van der Waals surface area contributed by atoms with Crippen molar-refractivity contribution in [3.05, 3.63) is 0 Å². The summed E-state index contributed by atoms with van der Waals surface area (Å²) < 4.78 is 5.72. The van der Waals surface area contributed by atoms with E-state index in [2.05, 4.69) is 37.5 Å². The normalized spacial score (nSPS) is 34.6. The van der Waals surface area contributed by atoms with E-state index in [1.807, 2.05) is 0 Å². The zero-order chi connectivity index (χ0) is 14.0. The quantitative estimate of drug-likeness (QED) is 0.832. The third kappa shape index (κ3) is 4.71. The highest BCUT2D eigenvalue weighted by molar-refractivity contribution is 4.84.